The van der Waals surface area contributed by atoms with Gasteiger partial charge in [0.15, 0.2) is 0 Å². The third-order valence-corrected chi connectivity index (χ3v) is 5.55. The van der Waals surface area contributed by atoms with Gasteiger partial charge in [-0.1, -0.05) is 30.3 Å². The summed E-state index contributed by atoms with van der Waals surface area (Å²) < 4.78 is 5.30. The molecular formula is C22H26N2O2S. The van der Waals surface area contributed by atoms with Crippen LogP contribution in [0.3, 0.4) is 0 Å². The second-order valence-electron chi connectivity index (χ2n) is 6.60. The van der Waals surface area contributed by atoms with Gasteiger partial charge in [0, 0.05) is 48.5 Å². The first kappa shape index (κ1) is 19.5. The number of anilines is 1. The molecule has 1 aliphatic heterocycles. The normalized spacial score (nSPS) is 15.0. The zero-order valence-corrected chi connectivity index (χ0v) is 16.7. The van der Waals surface area contributed by atoms with E-state index >= 15 is 0 Å². The molecule has 4 nitrogen and oxygen atoms in total. The Hall–Kier alpha value is -2.24. The number of thioether (sulfide) groups is 1. The number of aryl methyl sites for hydroxylation is 1. The highest BCUT2D eigenvalue weighted by Gasteiger charge is 2.11. The van der Waals surface area contributed by atoms with Gasteiger partial charge < -0.3 is 10.1 Å². The Labute approximate surface area is 165 Å². The van der Waals surface area contributed by atoms with Crippen molar-refractivity contribution in [3.8, 4) is 5.75 Å². The van der Waals surface area contributed by atoms with Crippen molar-refractivity contribution >= 4 is 29.4 Å². The molecule has 1 heterocycles. The first-order valence-electron chi connectivity index (χ1n) is 9.17. The fourth-order valence-corrected chi connectivity index (χ4v) is 4.10. The number of amides is 1. The van der Waals surface area contributed by atoms with E-state index in [9.17, 15) is 4.79 Å². The number of hydrogen-bond acceptors (Lipinski definition) is 4. The minimum Gasteiger partial charge on any atom is -0.496 e. The fraction of sp³-hybridized carbons (Fsp3) is 0.318. The zero-order chi connectivity index (χ0) is 19.1. The van der Waals surface area contributed by atoms with Crippen molar-refractivity contribution in [3.63, 3.8) is 0 Å². The smallest absolute Gasteiger partial charge is 0.248 e. The highest BCUT2D eigenvalue weighted by atomic mass is 32.2. The zero-order valence-electron chi connectivity index (χ0n) is 15.9. The Bertz CT molecular complexity index is 814. The number of benzene rings is 2. The Morgan fingerprint density at radius 1 is 1.22 bits per heavy atom. The molecule has 2 aromatic rings. The number of methoxy groups -OCH3 is 1. The average Bonchev–Trinajstić information content (AvgIpc) is 2.69. The molecule has 142 valence electrons. The Morgan fingerprint density at radius 2 is 2.00 bits per heavy atom. The molecule has 3 rings (SSSR count). The van der Waals surface area contributed by atoms with E-state index in [1.54, 1.807) is 13.2 Å². The lowest BCUT2D eigenvalue weighted by molar-refractivity contribution is -0.111. The molecule has 0 aromatic heterocycles. The van der Waals surface area contributed by atoms with Crippen LogP contribution >= 0.6 is 11.8 Å². The van der Waals surface area contributed by atoms with Gasteiger partial charge in [-0.05, 0) is 36.3 Å². The summed E-state index contributed by atoms with van der Waals surface area (Å²) in [6.45, 7) is 5.31. The molecule has 1 amide bonds. The van der Waals surface area contributed by atoms with Gasteiger partial charge in [0.2, 0.25) is 5.91 Å². The molecule has 27 heavy (non-hydrogen) atoms. The van der Waals surface area contributed by atoms with Gasteiger partial charge >= 0.3 is 0 Å². The van der Waals surface area contributed by atoms with Gasteiger partial charge in [0.25, 0.3) is 0 Å². The molecule has 0 aliphatic carbocycles. The van der Waals surface area contributed by atoms with Gasteiger partial charge in [-0.25, -0.2) is 0 Å². The topological polar surface area (TPSA) is 41.6 Å². The summed E-state index contributed by atoms with van der Waals surface area (Å²) in [5.74, 6) is 3.03. The van der Waals surface area contributed by atoms with Crippen molar-refractivity contribution < 1.29 is 9.53 Å². The maximum Gasteiger partial charge on any atom is 0.248 e. The molecule has 1 aliphatic rings. The van der Waals surface area contributed by atoms with Crippen LogP contribution in [0.1, 0.15) is 16.7 Å². The lowest BCUT2D eigenvalue weighted by Crippen LogP contribution is -2.31. The fourth-order valence-electron chi connectivity index (χ4n) is 3.13. The average molecular weight is 383 g/mol. The molecule has 2 aromatic carbocycles. The molecule has 0 atom stereocenters. The van der Waals surface area contributed by atoms with Gasteiger partial charge in [0.1, 0.15) is 5.75 Å². The predicted molar refractivity (Wildman–Crippen MR) is 114 cm³/mol. The number of nitrogens with zero attached hydrogens (tertiary/aromatic N) is 1. The van der Waals surface area contributed by atoms with E-state index < -0.39 is 0 Å². The summed E-state index contributed by atoms with van der Waals surface area (Å²) in [5, 5.41) is 2.97. The van der Waals surface area contributed by atoms with Crippen LogP contribution in [0, 0.1) is 6.92 Å². The van der Waals surface area contributed by atoms with Crippen LogP contribution in [-0.2, 0) is 11.3 Å². The van der Waals surface area contributed by atoms with Crippen LogP contribution in [-0.4, -0.2) is 42.5 Å². The summed E-state index contributed by atoms with van der Waals surface area (Å²) in [4.78, 5) is 14.8. The van der Waals surface area contributed by atoms with Crippen molar-refractivity contribution in [2.24, 2.45) is 0 Å². The number of hydrogen-bond donors (Lipinski definition) is 1. The second kappa shape index (κ2) is 9.62. The standard InChI is InChI=1S/C22H26N2O2S/c1-17-15-18(16-24-11-13-27-14-12-24)7-9-20(17)23-22(25)10-8-19-5-3-4-6-21(19)26-2/h3-10,15H,11-14,16H2,1-2H3,(H,23,25)/b10-8+. The summed E-state index contributed by atoms with van der Waals surface area (Å²) in [6, 6.07) is 13.9. The molecule has 5 heteroatoms. The lowest BCUT2D eigenvalue weighted by Gasteiger charge is -2.26. The Balaban J connectivity index is 1.61. The van der Waals surface area contributed by atoms with E-state index in [4.69, 9.17) is 4.74 Å². The van der Waals surface area contributed by atoms with Crippen LogP contribution in [0.15, 0.2) is 48.5 Å². The van der Waals surface area contributed by atoms with Crippen LogP contribution in [0.25, 0.3) is 6.08 Å². The first-order chi connectivity index (χ1) is 13.2. The van der Waals surface area contributed by atoms with E-state index in [0.717, 1.165) is 42.2 Å². The molecule has 1 fully saturated rings. The maximum absolute atomic E-state index is 12.3. The molecule has 0 saturated carbocycles. The summed E-state index contributed by atoms with van der Waals surface area (Å²) >= 11 is 2.02. The van der Waals surface area contributed by atoms with Crippen LogP contribution in [0.5, 0.6) is 5.75 Å². The highest BCUT2D eigenvalue weighted by molar-refractivity contribution is 7.99. The maximum atomic E-state index is 12.3. The number of carbonyl (C=O) groups is 1. The second-order valence-corrected chi connectivity index (χ2v) is 7.83. The van der Waals surface area contributed by atoms with E-state index in [2.05, 4.69) is 22.3 Å². The molecular weight excluding hydrogens is 356 g/mol. The third kappa shape index (κ3) is 5.62. The van der Waals surface area contributed by atoms with Crippen molar-refractivity contribution in [1.82, 2.24) is 4.90 Å². The molecule has 1 saturated heterocycles. The monoisotopic (exact) mass is 382 g/mol. The third-order valence-electron chi connectivity index (χ3n) is 4.61. The molecule has 0 spiro atoms. The van der Waals surface area contributed by atoms with E-state index in [-0.39, 0.29) is 5.91 Å². The van der Waals surface area contributed by atoms with E-state index in [1.807, 2.05) is 49.0 Å². The van der Waals surface area contributed by atoms with Crippen molar-refractivity contribution in [2.75, 3.05) is 37.0 Å². The van der Waals surface area contributed by atoms with Crippen LogP contribution in [0.2, 0.25) is 0 Å². The number of para-hydroxylation sites is 1. The lowest BCUT2D eigenvalue weighted by atomic mass is 10.1. The highest BCUT2D eigenvalue weighted by Crippen LogP contribution is 2.21. The number of ether oxygens (including phenoxy) is 1. The van der Waals surface area contributed by atoms with Gasteiger partial charge in [-0.15, -0.1) is 0 Å². The van der Waals surface area contributed by atoms with Crippen molar-refractivity contribution in [2.45, 2.75) is 13.5 Å². The Kier molecular flexibility index (Phi) is 6.96. The first-order valence-corrected chi connectivity index (χ1v) is 10.3. The van der Waals surface area contributed by atoms with Crippen LogP contribution < -0.4 is 10.1 Å². The van der Waals surface area contributed by atoms with Gasteiger partial charge in [-0.2, -0.15) is 11.8 Å². The largest absolute Gasteiger partial charge is 0.496 e. The van der Waals surface area contributed by atoms with Crippen molar-refractivity contribution in [3.05, 3.63) is 65.2 Å². The SMILES string of the molecule is COc1ccccc1/C=C/C(=O)Nc1ccc(CN2CCSCC2)cc1C. The van der Waals surface area contributed by atoms with E-state index in [1.165, 1.54) is 23.1 Å². The number of nitrogens with one attached hydrogen (secondary N) is 1. The predicted octanol–water partition coefficient (Wildman–Crippen LogP) is 4.20. The minimum absolute atomic E-state index is 0.148. The van der Waals surface area contributed by atoms with Gasteiger partial charge in [-0.3, -0.25) is 9.69 Å². The summed E-state index contributed by atoms with van der Waals surface area (Å²) in [6.07, 6.45) is 3.31. The molecule has 0 bridgehead atoms. The van der Waals surface area contributed by atoms with Crippen molar-refractivity contribution in [1.29, 1.82) is 0 Å². The molecule has 0 radical (unpaired) electrons. The quantitative estimate of drug-likeness (QED) is 0.760. The van der Waals surface area contributed by atoms with E-state index in [0.29, 0.717) is 0 Å². The van der Waals surface area contributed by atoms with Gasteiger partial charge in [0.05, 0.1) is 7.11 Å². The van der Waals surface area contributed by atoms with Crippen LogP contribution in [0.4, 0.5) is 5.69 Å². The minimum atomic E-state index is -0.148. The Morgan fingerprint density at radius 3 is 2.74 bits per heavy atom. The summed E-state index contributed by atoms with van der Waals surface area (Å²) in [5.41, 5.74) is 4.10. The molecule has 1 N–H and O–H groups in total. The number of carbonyl (C=O) groups excluding carboxylic acids is 1. The summed E-state index contributed by atoms with van der Waals surface area (Å²) in [7, 11) is 1.63. The number of rotatable bonds is 6. The molecule has 0 unspecified atom stereocenters.